The van der Waals surface area contributed by atoms with Crippen LogP contribution >= 0.6 is 0 Å². The largest absolute Gasteiger partial charge is 0.480 e. The maximum Gasteiger partial charge on any atom is 0.328 e. The fourth-order valence-corrected chi connectivity index (χ4v) is 1.44. The van der Waals surface area contributed by atoms with Crippen LogP contribution in [0.1, 0.15) is 20.8 Å². The highest BCUT2D eigenvalue weighted by Gasteiger charge is 2.28. The lowest BCUT2D eigenvalue weighted by Gasteiger charge is -2.21. The molecule has 0 heterocycles. The minimum atomic E-state index is -1.48. The van der Waals surface area contributed by atoms with E-state index in [4.69, 9.17) is 10.8 Å². The molecule has 0 rings (SSSR count). The van der Waals surface area contributed by atoms with Crippen molar-refractivity contribution in [3.8, 4) is 0 Å². The van der Waals surface area contributed by atoms with Crippen LogP contribution in [0.2, 0.25) is 0 Å². The van der Waals surface area contributed by atoms with Crippen molar-refractivity contribution >= 4 is 23.7 Å². The molecule has 126 valence electrons. The fourth-order valence-electron chi connectivity index (χ4n) is 1.44. The van der Waals surface area contributed by atoms with Crippen molar-refractivity contribution < 1.29 is 29.4 Å². The number of nitrogens with one attached hydrogen (secondary N) is 3. The van der Waals surface area contributed by atoms with Gasteiger partial charge in [0.25, 0.3) is 0 Å². The van der Waals surface area contributed by atoms with Gasteiger partial charge in [-0.15, -0.1) is 0 Å². The Kier molecular flexibility index (Phi) is 8.05. The molecule has 0 bridgehead atoms. The van der Waals surface area contributed by atoms with Gasteiger partial charge < -0.3 is 31.9 Å². The minimum Gasteiger partial charge on any atom is -0.480 e. The van der Waals surface area contributed by atoms with Gasteiger partial charge in [0, 0.05) is 0 Å². The van der Waals surface area contributed by atoms with Crippen molar-refractivity contribution in [1.82, 2.24) is 16.0 Å². The molecule has 0 aromatic carbocycles. The molecule has 10 heteroatoms. The Morgan fingerprint density at radius 3 is 1.82 bits per heavy atom. The smallest absolute Gasteiger partial charge is 0.328 e. The van der Waals surface area contributed by atoms with Crippen LogP contribution in [0, 0.1) is 0 Å². The molecular formula is C12H22N4O6. The normalized spacial score (nSPS) is 15.9. The van der Waals surface area contributed by atoms with Gasteiger partial charge in [-0.25, -0.2) is 4.79 Å². The zero-order valence-electron chi connectivity index (χ0n) is 12.6. The second kappa shape index (κ2) is 8.95. The monoisotopic (exact) mass is 318 g/mol. The van der Waals surface area contributed by atoms with Gasteiger partial charge in [0.05, 0.1) is 12.6 Å². The van der Waals surface area contributed by atoms with Crippen molar-refractivity contribution in [1.29, 1.82) is 0 Å². The number of carboxylic acids is 1. The number of hydrogen-bond acceptors (Lipinski definition) is 6. The standard InChI is InChI=1S/C12H22N4O6/c1-5(14-8(18)4-13)10(19)15-6(2)11(20)16-9(7(3)17)12(21)22/h5-7,9,17H,4,13H2,1-3H3,(H,14,18)(H,15,19)(H,16,20)(H,21,22). The number of carbonyl (C=O) groups excluding carboxylic acids is 3. The molecule has 3 amide bonds. The topological polar surface area (TPSA) is 171 Å². The third kappa shape index (κ3) is 6.50. The maximum atomic E-state index is 11.8. The van der Waals surface area contributed by atoms with Crippen LogP contribution in [-0.4, -0.2) is 64.7 Å². The molecule has 22 heavy (non-hydrogen) atoms. The van der Waals surface area contributed by atoms with E-state index in [1.807, 2.05) is 0 Å². The highest BCUT2D eigenvalue weighted by molar-refractivity contribution is 5.93. The van der Waals surface area contributed by atoms with E-state index in [1.165, 1.54) is 20.8 Å². The van der Waals surface area contributed by atoms with Gasteiger partial charge in [-0.3, -0.25) is 14.4 Å². The number of aliphatic hydroxyl groups is 1. The number of aliphatic carboxylic acids is 1. The van der Waals surface area contributed by atoms with E-state index in [9.17, 15) is 24.3 Å². The van der Waals surface area contributed by atoms with Crippen LogP contribution in [0.4, 0.5) is 0 Å². The van der Waals surface area contributed by atoms with E-state index in [0.29, 0.717) is 0 Å². The molecule has 4 unspecified atom stereocenters. The number of amides is 3. The molecule has 0 aromatic rings. The van der Waals surface area contributed by atoms with Crippen molar-refractivity contribution in [2.45, 2.75) is 45.0 Å². The predicted molar refractivity (Wildman–Crippen MR) is 75.5 cm³/mol. The third-order valence-electron chi connectivity index (χ3n) is 2.75. The first-order chi connectivity index (χ1) is 10.1. The number of carboxylic acid groups (broad SMARTS) is 1. The molecule has 0 radical (unpaired) electrons. The van der Waals surface area contributed by atoms with Crippen LogP contribution in [0.3, 0.4) is 0 Å². The summed E-state index contributed by atoms with van der Waals surface area (Å²) in [4.78, 5) is 45.5. The average Bonchev–Trinajstić information content (AvgIpc) is 2.42. The molecule has 0 aliphatic carbocycles. The number of hydrogen-bond donors (Lipinski definition) is 6. The molecular weight excluding hydrogens is 296 g/mol. The molecule has 7 N–H and O–H groups in total. The first kappa shape index (κ1) is 19.8. The number of aliphatic hydroxyl groups excluding tert-OH is 1. The Labute approximate surface area is 127 Å². The number of rotatable bonds is 8. The molecule has 10 nitrogen and oxygen atoms in total. The maximum absolute atomic E-state index is 11.8. The van der Waals surface area contributed by atoms with Crippen LogP contribution in [-0.2, 0) is 19.2 Å². The summed E-state index contributed by atoms with van der Waals surface area (Å²) in [6, 6.07) is -3.44. The zero-order chi connectivity index (χ0) is 17.4. The predicted octanol–water partition coefficient (Wildman–Crippen LogP) is -3.10. The third-order valence-corrected chi connectivity index (χ3v) is 2.75. The summed E-state index contributed by atoms with van der Waals surface area (Å²) in [5.41, 5.74) is 5.09. The summed E-state index contributed by atoms with van der Waals surface area (Å²) in [5, 5.41) is 24.8. The number of nitrogens with two attached hydrogens (primary N) is 1. The van der Waals surface area contributed by atoms with Crippen LogP contribution in [0.5, 0.6) is 0 Å². The lowest BCUT2D eigenvalue weighted by atomic mass is 10.1. The fraction of sp³-hybridized carbons (Fsp3) is 0.667. The van der Waals surface area contributed by atoms with Gasteiger partial charge in [0.1, 0.15) is 12.1 Å². The Balaban J connectivity index is 4.55. The van der Waals surface area contributed by atoms with E-state index < -0.39 is 47.9 Å². The molecule has 0 aliphatic rings. The van der Waals surface area contributed by atoms with Crippen molar-refractivity contribution in [2.24, 2.45) is 5.73 Å². The van der Waals surface area contributed by atoms with Crippen molar-refractivity contribution in [2.75, 3.05) is 6.54 Å². The van der Waals surface area contributed by atoms with Crippen LogP contribution in [0.15, 0.2) is 0 Å². The minimum absolute atomic E-state index is 0.275. The lowest BCUT2D eigenvalue weighted by molar-refractivity contribution is -0.145. The van der Waals surface area contributed by atoms with Gasteiger partial charge in [0.15, 0.2) is 6.04 Å². The van der Waals surface area contributed by atoms with E-state index >= 15 is 0 Å². The van der Waals surface area contributed by atoms with Gasteiger partial charge in [0.2, 0.25) is 17.7 Å². The lowest BCUT2D eigenvalue weighted by Crippen LogP contribution is -2.56. The Morgan fingerprint density at radius 1 is 0.955 bits per heavy atom. The summed E-state index contributed by atoms with van der Waals surface area (Å²) in [6.07, 6.45) is -1.30. The number of carbonyl (C=O) groups is 4. The molecule has 0 aliphatic heterocycles. The molecule has 0 spiro atoms. The van der Waals surface area contributed by atoms with E-state index in [0.717, 1.165) is 0 Å². The van der Waals surface area contributed by atoms with Crippen LogP contribution < -0.4 is 21.7 Å². The van der Waals surface area contributed by atoms with E-state index in [-0.39, 0.29) is 6.54 Å². The van der Waals surface area contributed by atoms with E-state index in [2.05, 4.69) is 16.0 Å². The highest BCUT2D eigenvalue weighted by Crippen LogP contribution is 1.95. The molecule has 4 atom stereocenters. The Morgan fingerprint density at radius 2 is 1.41 bits per heavy atom. The van der Waals surface area contributed by atoms with Crippen LogP contribution in [0.25, 0.3) is 0 Å². The zero-order valence-corrected chi connectivity index (χ0v) is 12.6. The summed E-state index contributed by atoms with van der Waals surface area (Å²) >= 11 is 0. The van der Waals surface area contributed by atoms with Gasteiger partial charge in [-0.2, -0.15) is 0 Å². The first-order valence-corrected chi connectivity index (χ1v) is 6.61. The summed E-state index contributed by atoms with van der Waals surface area (Å²) in [7, 11) is 0. The van der Waals surface area contributed by atoms with Gasteiger partial charge in [-0.1, -0.05) is 0 Å². The summed E-state index contributed by atoms with van der Waals surface area (Å²) in [6.45, 7) is 3.68. The summed E-state index contributed by atoms with van der Waals surface area (Å²) in [5.74, 6) is -3.34. The second-order valence-corrected chi connectivity index (χ2v) is 4.79. The Hall–Kier alpha value is -2.20. The average molecular weight is 318 g/mol. The van der Waals surface area contributed by atoms with Crippen molar-refractivity contribution in [3.63, 3.8) is 0 Å². The SMILES string of the molecule is CC(NC(=O)CN)C(=O)NC(C)C(=O)NC(C(=O)O)C(C)O. The van der Waals surface area contributed by atoms with Gasteiger partial charge in [-0.05, 0) is 20.8 Å². The molecule has 0 saturated carbocycles. The quantitative estimate of drug-likeness (QED) is 0.275. The Bertz CT molecular complexity index is 439. The van der Waals surface area contributed by atoms with E-state index in [1.54, 1.807) is 0 Å². The molecule has 0 fully saturated rings. The molecule has 0 saturated heterocycles. The molecule has 0 aromatic heterocycles. The highest BCUT2D eigenvalue weighted by atomic mass is 16.4. The second-order valence-electron chi connectivity index (χ2n) is 4.79. The first-order valence-electron chi connectivity index (χ1n) is 6.61. The summed E-state index contributed by atoms with van der Waals surface area (Å²) < 4.78 is 0. The van der Waals surface area contributed by atoms with Crippen molar-refractivity contribution in [3.05, 3.63) is 0 Å². The van der Waals surface area contributed by atoms with Gasteiger partial charge >= 0.3 is 5.97 Å².